The topological polar surface area (TPSA) is 51.8 Å². The SMILES string of the molecule is c1ccc(-c2ccccc2-c2nc(-c3ccc4ccc5c6ccccc6ccc5c4c3)nc(-c3cccc4c3oc3ccccc34)n2)cc1. The first-order chi connectivity index (χ1) is 24.3. The monoisotopic (exact) mass is 625 g/mol. The molecule has 0 saturated heterocycles. The summed E-state index contributed by atoms with van der Waals surface area (Å²) in [5.41, 5.74) is 6.45. The summed E-state index contributed by atoms with van der Waals surface area (Å²) in [5.74, 6) is 1.78. The van der Waals surface area contributed by atoms with Crippen LogP contribution in [0.4, 0.5) is 0 Å². The summed E-state index contributed by atoms with van der Waals surface area (Å²) >= 11 is 0. The summed E-state index contributed by atoms with van der Waals surface area (Å²) in [4.78, 5) is 15.5. The van der Waals surface area contributed by atoms with Crippen molar-refractivity contribution in [2.24, 2.45) is 0 Å². The molecule has 0 aliphatic carbocycles. The lowest BCUT2D eigenvalue weighted by atomic mass is 9.96. The van der Waals surface area contributed by atoms with Gasteiger partial charge in [0.1, 0.15) is 11.2 Å². The molecule has 0 amide bonds. The van der Waals surface area contributed by atoms with E-state index in [2.05, 4.69) is 121 Å². The van der Waals surface area contributed by atoms with Gasteiger partial charge in [0.2, 0.25) is 0 Å². The van der Waals surface area contributed by atoms with Crippen molar-refractivity contribution in [2.75, 3.05) is 0 Å². The van der Waals surface area contributed by atoms with Gasteiger partial charge in [0.05, 0.1) is 5.56 Å². The molecule has 2 aromatic heterocycles. The summed E-state index contributed by atoms with van der Waals surface area (Å²) in [6.07, 6.45) is 0. The van der Waals surface area contributed by atoms with Crippen molar-refractivity contribution in [2.45, 2.75) is 0 Å². The van der Waals surface area contributed by atoms with Crippen molar-refractivity contribution >= 4 is 54.3 Å². The number of hydrogen-bond acceptors (Lipinski definition) is 4. The number of nitrogens with zero attached hydrogens (tertiary/aromatic N) is 3. The Hall–Kier alpha value is -6.65. The van der Waals surface area contributed by atoms with Crippen LogP contribution in [0.25, 0.3) is 99.5 Å². The number of rotatable bonds is 4. The molecular formula is C45H27N3O. The van der Waals surface area contributed by atoms with Gasteiger partial charge >= 0.3 is 0 Å². The fourth-order valence-electron chi connectivity index (χ4n) is 7.17. The molecule has 4 heteroatoms. The average Bonchev–Trinajstić information content (AvgIpc) is 3.56. The molecular weight excluding hydrogens is 599 g/mol. The second-order valence-corrected chi connectivity index (χ2v) is 12.4. The molecule has 0 saturated carbocycles. The molecule has 0 unspecified atom stereocenters. The van der Waals surface area contributed by atoms with Gasteiger partial charge in [-0.25, -0.2) is 15.0 Å². The molecule has 0 spiro atoms. The van der Waals surface area contributed by atoms with Crippen LogP contribution < -0.4 is 0 Å². The lowest BCUT2D eigenvalue weighted by Gasteiger charge is -2.13. The number of aromatic nitrogens is 3. The van der Waals surface area contributed by atoms with Gasteiger partial charge in [0, 0.05) is 21.9 Å². The smallest absolute Gasteiger partial charge is 0.167 e. The summed E-state index contributed by atoms with van der Waals surface area (Å²) in [6, 6.07) is 56.9. The molecule has 0 radical (unpaired) electrons. The maximum atomic E-state index is 6.46. The molecule has 0 atom stereocenters. The van der Waals surface area contributed by atoms with Gasteiger partial charge in [-0.1, -0.05) is 146 Å². The minimum Gasteiger partial charge on any atom is -0.455 e. The van der Waals surface area contributed by atoms with Crippen molar-refractivity contribution in [3.8, 4) is 45.3 Å². The molecule has 0 aliphatic rings. The maximum absolute atomic E-state index is 6.46. The highest BCUT2D eigenvalue weighted by Crippen LogP contribution is 2.38. The molecule has 0 bridgehead atoms. The van der Waals surface area contributed by atoms with Crippen LogP contribution in [0.5, 0.6) is 0 Å². The first kappa shape index (κ1) is 27.5. The Labute approximate surface area is 282 Å². The van der Waals surface area contributed by atoms with Crippen LogP contribution in [0.3, 0.4) is 0 Å². The van der Waals surface area contributed by atoms with Crippen LogP contribution >= 0.6 is 0 Å². The molecule has 49 heavy (non-hydrogen) atoms. The van der Waals surface area contributed by atoms with Crippen molar-refractivity contribution in [3.63, 3.8) is 0 Å². The second-order valence-electron chi connectivity index (χ2n) is 12.4. The highest BCUT2D eigenvalue weighted by Gasteiger charge is 2.19. The fraction of sp³-hybridized carbons (Fsp3) is 0. The van der Waals surface area contributed by atoms with Gasteiger partial charge in [-0.15, -0.1) is 0 Å². The van der Waals surface area contributed by atoms with Gasteiger partial charge in [0.25, 0.3) is 0 Å². The minimum absolute atomic E-state index is 0.566. The molecule has 2 heterocycles. The molecule has 4 nitrogen and oxygen atoms in total. The third-order valence-electron chi connectivity index (χ3n) is 9.54. The average molecular weight is 626 g/mol. The molecule has 0 N–H and O–H groups in total. The van der Waals surface area contributed by atoms with E-state index in [1.807, 2.05) is 42.5 Å². The summed E-state index contributed by atoms with van der Waals surface area (Å²) in [5, 5.41) is 9.34. The number of hydrogen-bond donors (Lipinski definition) is 0. The van der Waals surface area contributed by atoms with E-state index in [4.69, 9.17) is 19.4 Å². The van der Waals surface area contributed by atoms with Crippen LogP contribution in [-0.2, 0) is 0 Å². The van der Waals surface area contributed by atoms with E-state index in [1.165, 1.54) is 26.9 Å². The predicted octanol–water partition coefficient (Wildman–Crippen LogP) is 11.9. The van der Waals surface area contributed by atoms with Crippen molar-refractivity contribution in [1.29, 1.82) is 0 Å². The van der Waals surface area contributed by atoms with E-state index in [0.717, 1.165) is 55.1 Å². The Balaban J connectivity index is 1.24. The quantitative estimate of drug-likeness (QED) is 0.183. The molecule has 10 aromatic rings. The largest absolute Gasteiger partial charge is 0.455 e. The number of para-hydroxylation sites is 2. The zero-order valence-corrected chi connectivity index (χ0v) is 26.3. The Morgan fingerprint density at radius 2 is 0.918 bits per heavy atom. The molecule has 228 valence electrons. The van der Waals surface area contributed by atoms with Crippen LogP contribution in [0, 0.1) is 0 Å². The number of benzene rings is 8. The van der Waals surface area contributed by atoms with E-state index in [-0.39, 0.29) is 0 Å². The highest BCUT2D eigenvalue weighted by molar-refractivity contribution is 6.17. The van der Waals surface area contributed by atoms with Gasteiger partial charge in [-0.3, -0.25) is 0 Å². The van der Waals surface area contributed by atoms with E-state index < -0.39 is 0 Å². The highest BCUT2D eigenvalue weighted by atomic mass is 16.3. The second kappa shape index (κ2) is 11.0. The van der Waals surface area contributed by atoms with E-state index in [1.54, 1.807) is 0 Å². The third-order valence-corrected chi connectivity index (χ3v) is 9.54. The Kier molecular flexibility index (Phi) is 6.15. The first-order valence-corrected chi connectivity index (χ1v) is 16.4. The van der Waals surface area contributed by atoms with Crippen LogP contribution in [0.15, 0.2) is 168 Å². The Bertz CT molecular complexity index is 2890. The van der Waals surface area contributed by atoms with E-state index in [9.17, 15) is 0 Å². The Morgan fingerprint density at radius 3 is 1.78 bits per heavy atom. The zero-order valence-electron chi connectivity index (χ0n) is 26.3. The minimum atomic E-state index is 0.566. The predicted molar refractivity (Wildman–Crippen MR) is 201 cm³/mol. The van der Waals surface area contributed by atoms with Crippen molar-refractivity contribution in [1.82, 2.24) is 15.0 Å². The lowest BCUT2D eigenvalue weighted by molar-refractivity contribution is 0.669. The van der Waals surface area contributed by atoms with Gasteiger partial charge in [-0.2, -0.15) is 0 Å². The third kappa shape index (κ3) is 4.49. The van der Waals surface area contributed by atoms with Crippen LogP contribution in [-0.4, -0.2) is 15.0 Å². The molecule has 0 aliphatic heterocycles. The van der Waals surface area contributed by atoms with E-state index >= 15 is 0 Å². The molecule has 10 rings (SSSR count). The maximum Gasteiger partial charge on any atom is 0.167 e. The standard InChI is InChI=1S/C45H27N3O/c1-2-11-28(12-3-1)33-15-6-7-17-38(33)44-46-43(47-45(48-44)39-19-10-18-37-36-16-8-9-20-41(36)49-42(37)39)31-22-21-30-24-25-34-32-14-5-4-13-29(32)23-26-35(34)40(30)27-31/h1-27H. The molecule has 0 fully saturated rings. The van der Waals surface area contributed by atoms with Crippen LogP contribution in [0.1, 0.15) is 0 Å². The fourth-order valence-corrected chi connectivity index (χ4v) is 7.17. The summed E-state index contributed by atoms with van der Waals surface area (Å²) in [7, 11) is 0. The van der Waals surface area contributed by atoms with Gasteiger partial charge < -0.3 is 4.42 Å². The normalized spacial score (nSPS) is 11.7. The molecule has 8 aromatic carbocycles. The van der Waals surface area contributed by atoms with Crippen LogP contribution in [0.2, 0.25) is 0 Å². The van der Waals surface area contributed by atoms with Gasteiger partial charge in [-0.05, 0) is 61.6 Å². The Morgan fingerprint density at radius 1 is 0.327 bits per heavy atom. The number of fused-ring (bicyclic) bond motifs is 8. The first-order valence-electron chi connectivity index (χ1n) is 16.4. The van der Waals surface area contributed by atoms with Crippen molar-refractivity contribution in [3.05, 3.63) is 164 Å². The summed E-state index contributed by atoms with van der Waals surface area (Å²) in [6.45, 7) is 0. The lowest BCUT2D eigenvalue weighted by Crippen LogP contribution is -2.01. The summed E-state index contributed by atoms with van der Waals surface area (Å²) < 4.78 is 6.46. The number of furan rings is 1. The van der Waals surface area contributed by atoms with Crippen molar-refractivity contribution < 1.29 is 4.42 Å². The zero-order chi connectivity index (χ0) is 32.3. The van der Waals surface area contributed by atoms with Gasteiger partial charge in [0.15, 0.2) is 17.5 Å². The van der Waals surface area contributed by atoms with E-state index in [0.29, 0.717) is 17.5 Å².